The van der Waals surface area contributed by atoms with Crippen LogP contribution in [0.25, 0.3) is 10.8 Å². The molecule has 0 amide bonds. The number of hydrogen-bond donors (Lipinski definition) is 2. The number of carboxylic acids is 1. The first kappa shape index (κ1) is 13.1. The lowest BCUT2D eigenvalue weighted by atomic mass is 10.1. The van der Waals surface area contributed by atoms with Crippen LogP contribution in [0.3, 0.4) is 0 Å². The number of fused-ring (bicyclic) bond motifs is 1. The predicted molar refractivity (Wildman–Crippen MR) is 73.9 cm³/mol. The lowest BCUT2D eigenvalue weighted by Gasteiger charge is -2.14. The molecule has 0 aromatic heterocycles. The van der Waals surface area contributed by atoms with Crippen LogP contribution in [0.4, 0.5) is 0 Å². The van der Waals surface area contributed by atoms with Gasteiger partial charge in [-0.3, -0.25) is 4.79 Å². The van der Waals surface area contributed by atoms with E-state index in [1.807, 2.05) is 18.2 Å². The minimum absolute atomic E-state index is 0.114. The van der Waals surface area contributed by atoms with Crippen molar-refractivity contribution in [1.82, 2.24) is 4.72 Å². The summed E-state index contributed by atoms with van der Waals surface area (Å²) < 4.78 is 27.2. The molecule has 104 valence electrons. The predicted octanol–water partition coefficient (Wildman–Crippen LogP) is 1.74. The van der Waals surface area contributed by atoms with E-state index in [0.717, 1.165) is 5.39 Å². The average Bonchev–Trinajstić information content (AvgIpc) is 3.18. The maximum absolute atomic E-state index is 12.4. The van der Waals surface area contributed by atoms with E-state index in [1.165, 1.54) is 6.07 Å². The molecular formula is C14H13NO4S. The van der Waals surface area contributed by atoms with Gasteiger partial charge in [0.05, 0.1) is 4.90 Å². The van der Waals surface area contributed by atoms with Crippen LogP contribution in [0, 0.1) is 0 Å². The molecule has 1 aliphatic carbocycles. The number of carboxylic acid groups (broad SMARTS) is 1. The van der Waals surface area contributed by atoms with Crippen molar-refractivity contribution in [3.63, 3.8) is 0 Å². The van der Waals surface area contributed by atoms with E-state index in [0.29, 0.717) is 18.2 Å². The summed E-state index contributed by atoms with van der Waals surface area (Å²) in [5, 5.41) is 10.5. The van der Waals surface area contributed by atoms with Crippen LogP contribution in [-0.2, 0) is 14.8 Å². The van der Waals surface area contributed by atoms with Crippen LogP contribution in [0.5, 0.6) is 0 Å². The second-order valence-corrected chi connectivity index (χ2v) is 6.62. The Morgan fingerprint density at radius 2 is 1.75 bits per heavy atom. The number of rotatable bonds is 4. The zero-order valence-electron chi connectivity index (χ0n) is 10.5. The highest BCUT2D eigenvalue weighted by molar-refractivity contribution is 7.89. The third-order valence-corrected chi connectivity index (χ3v) is 5.12. The number of sulfonamides is 1. The summed E-state index contributed by atoms with van der Waals surface area (Å²) in [6.45, 7) is 0. The van der Waals surface area contributed by atoms with E-state index >= 15 is 0 Å². The van der Waals surface area contributed by atoms with Gasteiger partial charge < -0.3 is 5.11 Å². The second-order valence-electron chi connectivity index (χ2n) is 4.97. The highest BCUT2D eigenvalue weighted by Crippen LogP contribution is 2.37. The molecule has 1 fully saturated rings. The lowest BCUT2D eigenvalue weighted by Crippen LogP contribution is -2.42. The Hall–Kier alpha value is -1.92. The first-order valence-corrected chi connectivity index (χ1v) is 7.68. The quantitative estimate of drug-likeness (QED) is 0.898. The molecule has 0 saturated heterocycles. The largest absolute Gasteiger partial charge is 0.480 e. The minimum Gasteiger partial charge on any atom is -0.480 e. The third kappa shape index (κ3) is 2.07. The Balaban J connectivity index is 2.08. The molecule has 0 aliphatic heterocycles. The van der Waals surface area contributed by atoms with Crippen LogP contribution in [0.15, 0.2) is 47.4 Å². The molecule has 5 nitrogen and oxygen atoms in total. The molecule has 0 bridgehead atoms. The summed E-state index contributed by atoms with van der Waals surface area (Å²) in [4.78, 5) is 11.2. The van der Waals surface area contributed by atoms with Gasteiger partial charge in [-0.1, -0.05) is 36.4 Å². The fourth-order valence-corrected chi connectivity index (χ4v) is 3.88. The van der Waals surface area contributed by atoms with Crippen molar-refractivity contribution < 1.29 is 18.3 Å². The highest BCUT2D eigenvalue weighted by atomic mass is 32.2. The molecule has 0 unspecified atom stereocenters. The summed E-state index contributed by atoms with van der Waals surface area (Å²) in [5.41, 5.74) is -1.32. The fraction of sp³-hybridized carbons (Fsp3) is 0.214. The van der Waals surface area contributed by atoms with Gasteiger partial charge in [-0.15, -0.1) is 0 Å². The van der Waals surface area contributed by atoms with Crippen LogP contribution in [0.2, 0.25) is 0 Å². The summed E-state index contributed by atoms with van der Waals surface area (Å²) in [5.74, 6) is -1.12. The number of benzene rings is 2. The molecule has 0 heterocycles. The molecule has 1 aliphatic rings. The monoisotopic (exact) mass is 291 g/mol. The Bertz CT molecular complexity index is 788. The average molecular weight is 291 g/mol. The summed E-state index contributed by atoms with van der Waals surface area (Å²) in [6.07, 6.45) is 0.651. The molecule has 3 rings (SSSR count). The second kappa shape index (κ2) is 4.29. The van der Waals surface area contributed by atoms with Crippen molar-refractivity contribution in [3.8, 4) is 0 Å². The Labute approximate surface area is 116 Å². The Morgan fingerprint density at radius 1 is 1.10 bits per heavy atom. The molecule has 0 spiro atoms. The van der Waals surface area contributed by atoms with Gasteiger partial charge in [0, 0.05) is 5.39 Å². The molecule has 1 saturated carbocycles. The van der Waals surface area contributed by atoms with Gasteiger partial charge in [-0.25, -0.2) is 8.42 Å². The minimum atomic E-state index is -3.86. The van der Waals surface area contributed by atoms with Crippen molar-refractivity contribution in [2.45, 2.75) is 23.3 Å². The fourth-order valence-electron chi connectivity index (χ4n) is 2.23. The summed E-state index contributed by atoms with van der Waals surface area (Å²) in [6, 6.07) is 12.1. The maximum Gasteiger partial charge on any atom is 0.324 e. The highest BCUT2D eigenvalue weighted by Gasteiger charge is 2.53. The van der Waals surface area contributed by atoms with E-state index in [-0.39, 0.29) is 4.90 Å². The maximum atomic E-state index is 12.4. The van der Waals surface area contributed by atoms with Crippen molar-refractivity contribution in [2.75, 3.05) is 0 Å². The summed E-state index contributed by atoms with van der Waals surface area (Å²) in [7, 11) is -3.86. The summed E-state index contributed by atoms with van der Waals surface area (Å²) >= 11 is 0. The molecule has 2 N–H and O–H groups in total. The zero-order valence-corrected chi connectivity index (χ0v) is 11.4. The van der Waals surface area contributed by atoms with Crippen molar-refractivity contribution in [2.24, 2.45) is 0 Å². The van der Waals surface area contributed by atoms with Gasteiger partial charge in [0.1, 0.15) is 5.54 Å². The Kier molecular flexibility index (Phi) is 2.81. The van der Waals surface area contributed by atoms with Gasteiger partial charge in [-0.2, -0.15) is 4.72 Å². The molecular weight excluding hydrogens is 278 g/mol. The molecule has 20 heavy (non-hydrogen) atoms. The first-order valence-electron chi connectivity index (χ1n) is 6.20. The topological polar surface area (TPSA) is 83.5 Å². The number of aliphatic carboxylic acids is 1. The molecule has 2 aromatic carbocycles. The number of hydrogen-bond acceptors (Lipinski definition) is 3. The molecule has 0 atom stereocenters. The van der Waals surface area contributed by atoms with Crippen molar-refractivity contribution in [3.05, 3.63) is 42.5 Å². The molecule has 0 radical (unpaired) electrons. The van der Waals surface area contributed by atoms with Crippen molar-refractivity contribution in [1.29, 1.82) is 0 Å². The SMILES string of the molecule is O=C(O)C1(NS(=O)(=O)c2cccc3ccccc23)CC1. The Morgan fingerprint density at radius 3 is 2.40 bits per heavy atom. The number of carbonyl (C=O) groups is 1. The lowest BCUT2D eigenvalue weighted by molar-refractivity contribution is -0.140. The standard InChI is InChI=1S/C14H13NO4S/c16-13(17)14(8-9-14)15-20(18,19)12-7-3-5-10-4-1-2-6-11(10)12/h1-7,15H,8-9H2,(H,16,17). The van der Waals surface area contributed by atoms with Crippen LogP contribution in [0.1, 0.15) is 12.8 Å². The van der Waals surface area contributed by atoms with Crippen LogP contribution < -0.4 is 4.72 Å². The van der Waals surface area contributed by atoms with Crippen LogP contribution in [-0.4, -0.2) is 25.0 Å². The van der Waals surface area contributed by atoms with E-state index in [1.54, 1.807) is 18.2 Å². The van der Waals surface area contributed by atoms with Gasteiger partial charge in [-0.05, 0) is 24.3 Å². The zero-order chi connectivity index (χ0) is 14.4. The molecule has 2 aromatic rings. The normalized spacial score (nSPS) is 17.0. The van der Waals surface area contributed by atoms with Crippen molar-refractivity contribution >= 4 is 26.8 Å². The van der Waals surface area contributed by atoms with E-state index in [9.17, 15) is 13.2 Å². The molecule has 6 heteroatoms. The smallest absolute Gasteiger partial charge is 0.324 e. The van der Waals surface area contributed by atoms with E-state index in [2.05, 4.69) is 4.72 Å². The van der Waals surface area contributed by atoms with E-state index < -0.39 is 21.5 Å². The van der Waals surface area contributed by atoms with Gasteiger partial charge in [0.25, 0.3) is 0 Å². The number of nitrogens with one attached hydrogen (secondary N) is 1. The van der Waals surface area contributed by atoms with E-state index in [4.69, 9.17) is 5.11 Å². The van der Waals surface area contributed by atoms with Crippen LogP contribution >= 0.6 is 0 Å². The third-order valence-electron chi connectivity index (χ3n) is 3.53. The van der Waals surface area contributed by atoms with Gasteiger partial charge >= 0.3 is 5.97 Å². The van der Waals surface area contributed by atoms with Gasteiger partial charge in [0.2, 0.25) is 10.0 Å². The first-order chi connectivity index (χ1) is 9.45. The van der Waals surface area contributed by atoms with Gasteiger partial charge in [0.15, 0.2) is 0 Å².